The molecule has 1 unspecified atom stereocenters. The quantitative estimate of drug-likeness (QED) is 0.370. The van der Waals surface area contributed by atoms with E-state index in [4.69, 9.17) is 4.74 Å². The number of rotatable bonds is 6. The zero-order chi connectivity index (χ0) is 19.1. The summed E-state index contributed by atoms with van der Waals surface area (Å²) in [7, 11) is 0. The summed E-state index contributed by atoms with van der Waals surface area (Å²) < 4.78 is 18.0. The highest BCUT2D eigenvalue weighted by atomic mass is 19.1. The van der Waals surface area contributed by atoms with Crippen LogP contribution in [-0.2, 0) is 14.3 Å². The minimum Gasteiger partial charge on any atom is -0.449 e. The van der Waals surface area contributed by atoms with E-state index >= 15 is 0 Å². The highest BCUT2D eigenvalue weighted by Crippen LogP contribution is 2.21. The molecule has 0 radical (unpaired) electrons. The number of nitrogens with zero attached hydrogens (tertiary/aromatic N) is 1. The summed E-state index contributed by atoms with van der Waals surface area (Å²) in [5.74, 6) is -2.15. The van der Waals surface area contributed by atoms with Crippen LogP contribution in [0.1, 0.15) is 12.5 Å². The number of anilines is 1. The first-order chi connectivity index (χ1) is 12.4. The van der Waals surface area contributed by atoms with E-state index in [0.717, 1.165) is 24.3 Å². The van der Waals surface area contributed by atoms with Gasteiger partial charge >= 0.3 is 5.97 Å². The number of nitro benzene ring substituents is 1. The number of carbonyl (C=O) groups excluding carboxylic acids is 2. The predicted octanol–water partition coefficient (Wildman–Crippen LogP) is 3.32. The molecule has 26 heavy (non-hydrogen) atoms. The number of amides is 1. The van der Waals surface area contributed by atoms with E-state index in [2.05, 4.69) is 5.32 Å². The third kappa shape index (κ3) is 5.23. The molecule has 8 heteroatoms. The first kappa shape index (κ1) is 18.8. The second-order valence-corrected chi connectivity index (χ2v) is 5.23. The van der Waals surface area contributed by atoms with Crippen molar-refractivity contribution >= 4 is 29.3 Å². The third-order valence-electron chi connectivity index (χ3n) is 3.29. The molecule has 0 spiro atoms. The Morgan fingerprint density at radius 1 is 1.23 bits per heavy atom. The van der Waals surface area contributed by atoms with Gasteiger partial charge in [0.25, 0.3) is 11.6 Å². The lowest BCUT2D eigenvalue weighted by Gasteiger charge is -2.12. The van der Waals surface area contributed by atoms with Crippen LogP contribution in [0.15, 0.2) is 54.6 Å². The molecule has 2 rings (SSSR count). The fraction of sp³-hybridized carbons (Fsp3) is 0.111. The average Bonchev–Trinajstić information content (AvgIpc) is 2.61. The zero-order valence-corrected chi connectivity index (χ0v) is 13.7. The summed E-state index contributed by atoms with van der Waals surface area (Å²) >= 11 is 0. The van der Waals surface area contributed by atoms with Gasteiger partial charge in [-0.25, -0.2) is 9.18 Å². The van der Waals surface area contributed by atoms with Crippen LogP contribution in [0.3, 0.4) is 0 Å². The SMILES string of the molecule is CC(OC(=O)/C=C/c1ccc(F)cc1[N+](=O)[O-])C(=O)Nc1ccccc1. The third-order valence-corrected chi connectivity index (χ3v) is 3.29. The minimum atomic E-state index is -1.07. The molecule has 1 amide bonds. The second kappa shape index (κ2) is 8.52. The zero-order valence-electron chi connectivity index (χ0n) is 13.7. The van der Waals surface area contributed by atoms with Gasteiger partial charge in [0, 0.05) is 11.8 Å². The fourth-order valence-corrected chi connectivity index (χ4v) is 2.01. The van der Waals surface area contributed by atoms with Gasteiger partial charge in [0.2, 0.25) is 0 Å². The van der Waals surface area contributed by atoms with Gasteiger partial charge in [-0.3, -0.25) is 14.9 Å². The Hall–Kier alpha value is -3.55. The van der Waals surface area contributed by atoms with Crippen LogP contribution in [0.25, 0.3) is 6.08 Å². The van der Waals surface area contributed by atoms with Gasteiger partial charge in [-0.15, -0.1) is 0 Å². The molecule has 7 nitrogen and oxygen atoms in total. The first-order valence-corrected chi connectivity index (χ1v) is 7.55. The van der Waals surface area contributed by atoms with E-state index in [-0.39, 0.29) is 5.56 Å². The molecule has 0 saturated carbocycles. The van der Waals surface area contributed by atoms with Gasteiger partial charge in [-0.1, -0.05) is 18.2 Å². The summed E-state index contributed by atoms with van der Waals surface area (Å²) in [6, 6.07) is 11.6. The molecule has 0 aliphatic heterocycles. The van der Waals surface area contributed by atoms with Gasteiger partial charge in [0.05, 0.1) is 16.6 Å². The van der Waals surface area contributed by atoms with Crippen LogP contribution in [0.2, 0.25) is 0 Å². The standard InChI is InChI=1S/C18H15FN2O5/c1-12(18(23)20-15-5-3-2-4-6-15)26-17(22)10-8-13-7-9-14(19)11-16(13)21(24)25/h2-12H,1H3,(H,20,23)/b10-8+. The predicted molar refractivity (Wildman–Crippen MR) is 92.7 cm³/mol. The van der Waals surface area contributed by atoms with E-state index in [1.54, 1.807) is 30.3 Å². The summed E-state index contributed by atoms with van der Waals surface area (Å²) in [5, 5.41) is 13.5. The van der Waals surface area contributed by atoms with Crippen molar-refractivity contribution in [2.24, 2.45) is 0 Å². The maximum absolute atomic E-state index is 13.1. The molecule has 0 bridgehead atoms. The topological polar surface area (TPSA) is 98.5 Å². The normalized spacial score (nSPS) is 11.8. The van der Waals surface area contributed by atoms with Crippen LogP contribution in [0.5, 0.6) is 0 Å². The van der Waals surface area contributed by atoms with Crippen LogP contribution in [-0.4, -0.2) is 22.9 Å². The average molecular weight is 358 g/mol. The molecular formula is C18H15FN2O5. The number of benzene rings is 2. The second-order valence-electron chi connectivity index (χ2n) is 5.23. The summed E-state index contributed by atoms with van der Waals surface area (Å²) in [6.45, 7) is 1.39. The van der Waals surface area contributed by atoms with Crippen molar-refractivity contribution in [3.8, 4) is 0 Å². The van der Waals surface area contributed by atoms with Crippen LogP contribution in [0.4, 0.5) is 15.8 Å². The molecule has 1 atom stereocenters. The smallest absolute Gasteiger partial charge is 0.331 e. The monoisotopic (exact) mass is 358 g/mol. The largest absolute Gasteiger partial charge is 0.449 e. The molecule has 0 saturated heterocycles. The molecule has 2 aromatic carbocycles. The lowest BCUT2D eigenvalue weighted by atomic mass is 10.1. The molecule has 0 heterocycles. The summed E-state index contributed by atoms with van der Waals surface area (Å²) in [4.78, 5) is 33.9. The molecular weight excluding hydrogens is 343 g/mol. The van der Waals surface area contributed by atoms with Crippen molar-refractivity contribution in [2.75, 3.05) is 5.32 Å². The highest BCUT2D eigenvalue weighted by molar-refractivity contribution is 5.96. The number of hydrogen-bond donors (Lipinski definition) is 1. The maximum atomic E-state index is 13.1. The van der Waals surface area contributed by atoms with Crippen molar-refractivity contribution in [2.45, 2.75) is 13.0 Å². The number of para-hydroxylation sites is 1. The van der Waals surface area contributed by atoms with Crippen molar-refractivity contribution in [3.05, 3.63) is 76.1 Å². The summed E-state index contributed by atoms with van der Waals surface area (Å²) in [6.07, 6.45) is 0.990. The number of esters is 1. The van der Waals surface area contributed by atoms with E-state index in [1.165, 1.54) is 13.0 Å². The van der Waals surface area contributed by atoms with E-state index in [0.29, 0.717) is 5.69 Å². The Kier molecular flexibility index (Phi) is 6.15. The van der Waals surface area contributed by atoms with Crippen molar-refractivity contribution < 1.29 is 23.6 Å². The van der Waals surface area contributed by atoms with Gasteiger partial charge in [0.1, 0.15) is 5.82 Å². The van der Waals surface area contributed by atoms with Gasteiger partial charge in [0.15, 0.2) is 6.10 Å². The minimum absolute atomic E-state index is 0.0368. The number of hydrogen-bond acceptors (Lipinski definition) is 5. The van der Waals surface area contributed by atoms with Crippen molar-refractivity contribution in [1.82, 2.24) is 0 Å². The van der Waals surface area contributed by atoms with Gasteiger partial charge < -0.3 is 10.1 Å². The number of halogens is 1. The fourth-order valence-electron chi connectivity index (χ4n) is 2.01. The highest BCUT2D eigenvalue weighted by Gasteiger charge is 2.17. The summed E-state index contributed by atoms with van der Waals surface area (Å²) in [5.41, 5.74) is 0.108. The van der Waals surface area contributed by atoms with E-state index in [1.807, 2.05) is 0 Å². The Bertz CT molecular complexity index is 852. The van der Waals surface area contributed by atoms with Gasteiger partial charge in [-0.2, -0.15) is 0 Å². The molecule has 1 N–H and O–H groups in total. The molecule has 0 aromatic heterocycles. The van der Waals surface area contributed by atoms with Crippen LogP contribution >= 0.6 is 0 Å². The Labute approximate surface area is 148 Å². The maximum Gasteiger partial charge on any atom is 0.331 e. The number of ether oxygens (including phenoxy) is 1. The molecule has 0 aliphatic rings. The molecule has 0 fully saturated rings. The number of carbonyl (C=O) groups is 2. The van der Waals surface area contributed by atoms with Gasteiger partial charge in [-0.05, 0) is 37.3 Å². The van der Waals surface area contributed by atoms with Crippen molar-refractivity contribution in [1.29, 1.82) is 0 Å². The number of nitrogens with one attached hydrogen (secondary N) is 1. The molecule has 2 aromatic rings. The number of nitro groups is 1. The lowest BCUT2D eigenvalue weighted by molar-refractivity contribution is -0.385. The Balaban J connectivity index is 1.98. The Morgan fingerprint density at radius 3 is 2.58 bits per heavy atom. The first-order valence-electron chi connectivity index (χ1n) is 7.55. The van der Waals surface area contributed by atoms with E-state index in [9.17, 15) is 24.1 Å². The van der Waals surface area contributed by atoms with Crippen LogP contribution < -0.4 is 5.32 Å². The Morgan fingerprint density at radius 2 is 1.92 bits per heavy atom. The molecule has 134 valence electrons. The molecule has 0 aliphatic carbocycles. The van der Waals surface area contributed by atoms with Crippen molar-refractivity contribution in [3.63, 3.8) is 0 Å². The lowest BCUT2D eigenvalue weighted by Crippen LogP contribution is -2.29. The van der Waals surface area contributed by atoms with E-state index < -0.39 is 34.4 Å². The van der Waals surface area contributed by atoms with Crippen LogP contribution in [0, 0.1) is 15.9 Å².